The van der Waals surface area contributed by atoms with E-state index in [1.54, 1.807) is 0 Å². The molecule has 78 valence electrons. The third kappa shape index (κ3) is 2.04. The zero-order valence-corrected chi connectivity index (χ0v) is 7.82. The van der Waals surface area contributed by atoms with Crippen LogP contribution in [0.4, 0.5) is 4.39 Å². The van der Waals surface area contributed by atoms with E-state index in [1.165, 1.54) is 17.1 Å². The van der Waals surface area contributed by atoms with E-state index in [9.17, 15) is 4.39 Å². The zero-order chi connectivity index (χ0) is 10.0. The van der Waals surface area contributed by atoms with Crippen molar-refractivity contribution in [2.45, 2.75) is 25.1 Å². The van der Waals surface area contributed by atoms with Crippen LogP contribution in [0.5, 0.6) is 5.75 Å². The minimum atomic E-state index is -1.24. The number of hydrogen-bond donors (Lipinski definition) is 1. The van der Waals surface area contributed by atoms with E-state index in [-0.39, 0.29) is 12.3 Å². The Morgan fingerprint density at radius 2 is 2.29 bits per heavy atom. The van der Waals surface area contributed by atoms with Gasteiger partial charge in [-0.1, -0.05) is 0 Å². The number of alkyl halides is 1. The van der Waals surface area contributed by atoms with Gasteiger partial charge in [0.1, 0.15) is 5.67 Å². The van der Waals surface area contributed by atoms with Gasteiger partial charge in [-0.25, -0.2) is 4.39 Å². The number of hydrogen-bond acceptors (Lipinski definition) is 3. The molecule has 0 unspecified atom stereocenters. The van der Waals surface area contributed by atoms with Crippen LogP contribution in [-0.4, -0.2) is 33.8 Å². The molecule has 1 aliphatic heterocycles. The standard InChI is InChI=1S/C9H13FN2O2/c10-9(1-3-14-4-2-9)7-12-6-8(13)5-11-12/h5-6,13H,1-4,7H2. The molecule has 5 heteroatoms. The van der Waals surface area contributed by atoms with Crippen LogP contribution in [0.25, 0.3) is 0 Å². The summed E-state index contributed by atoms with van der Waals surface area (Å²) in [5.74, 6) is 0.0701. The van der Waals surface area contributed by atoms with Crippen molar-refractivity contribution in [3.8, 4) is 5.75 Å². The number of rotatable bonds is 2. The van der Waals surface area contributed by atoms with Crippen molar-refractivity contribution in [2.75, 3.05) is 13.2 Å². The SMILES string of the molecule is Oc1cnn(CC2(F)CCOCC2)c1. The van der Waals surface area contributed by atoms with Gasteiger partial charge in [-0.2, -0.15) is 5.10 Å². The van der Waals surface area contributed by atoms with Crippen LogP contribution in [-0.2, 0) is 11.3 Å². The highest BCUT2D eigenvalue weighted by molar-refractivity contribution is 5.08. The number of nitrogens with zero attached hydrogens (tertiary/aromatic N) is 2. The summed E-state index contributed by atoms with van der Waals surface area (Å²) in [5, 5.41) is 12.9. The predicted octanol–water partition coefficient (Wildman–Crippen LogP) is 1.11. The molecule has 0 saturated carbocycles. The van der Waals surface area contributed by atoms with Crippen LogP contribution in [0, 0.1) is 0 Å². The summed E-state index contributed by atoms with van der Waals surface area (Å²) < 4.78 is 20.6. The first-order chi connectivity index (χ1) is 6.68. The van der Waals surface area contributed by atoms with Crippen molar-refractivity contribution < 1.29 is 14.2 Å². The molecular weight excluding hydrogens is 187 g/mol. The third-order valence-electron chi connectivity index (χ3n) is 2.45. The van der Waals surface area contributed by atoms with E-state index in [0.717, 1.165) is 0 Å². The average molecular weight is 200 g/mol. The lowest BCUT2D eigenvalue weighted by Crippen LogP contribution is -2.36. The molecule has 0 radical (unpaired) electrons. The molecule has 0 spiro atoms. The second-order valence-corrected chi connectivity index (χ2v) is 3.66. The summed E-state index contributed by atoms with van der Waals surface area (Å²) in [7, 11) is 0. The Morgan fingerprint density at radius 3 is 2.86 bits per heavy atom. The normalized spacial score (nSPS) is 20.9. The van der Waals surface area contributed by atoms with Crippen molar-refractivity contribution in [3.05, 3.63) is 12.4 Å². The molecule has 2 rings (SSSR count). The van der Waals surface area contributed by atoms with Crippen LogP contribution >= 0.6 is 0 Å². The molecule has 1 aromatic rings. The van der Waals surface area contributed by atoms with Gasteiger partial charge in [0.05, 0.1) is 18.9 Å². The molecule has 1 aromatic heterocycles. The molecule has 2 heterocycles. The molecule has 1 fully saturated rings. The van der Waals surface area contributed by atoms with E-state index in [2.05, 4.69) is 5.10 Å². The average Bonchev–Trinajstić information content (AvgIpc) is 2.51. The van der Waals surface area contributed by atoms with Crippen molar-refractivity contribution in [1.29, 1.82) is 0 Å². The van der Waals surface area contributed by atoms with Crippen LogP contribution < -0.4 is 0 Å². The lowest BCUT2D eigenvalue weighted by Gasteiger charge is -2.29. The van der Waals surface area contributed by atoms with E-state index in [1.807, 2.05) is 0 Å². The maximum absolute atomic E-state index is 14.0. The van der Waals surface area contributed by atoms with Gasteiger partial charge in [0.15, 0.2) is 5.75 Å². The Bertz CT molecular complexity index is 308. The van der Waals surface area contributed by atoms with Gasteiger partial charge >= 0.3 is 0 Å². The maximum Gasteiger partial charge on any atom is 0.153 e. The molecule has 14 heavy (non-hydrogen) atoms. The first-order valence-corrected chi connectivity index (χ1v) is 4.66. The Balaban J connectivity index is 2.01. The molecule has 1 saturated heterocycles. The van der Waals surface area contributed by atoms with Crippen molar-refractivity contribution in [3.63, 3.8) is 0 Å². The first-order valence-electron chi connectivity index (χ1n) is 4.66. The summed E-state index contributed by atoms with van der Waals surface area (Å²) in [6, 6.07) is 0. The van der Waals surface area contributed by atoms with E-state index in [4.69, 9.17) is 9.84 Å². The zero-order valence-electron chi connectivity index (χ0n) is 7.82. The minimum Gasteiger partial charge on any atom is -0.505 e. The van der Waals surface area contributed by atoms with Crippen molar-refractivity contribution >= 4 is 0 Å². The van der Waals surface area contributed by atoms with Gasteiger partial charge in [0.25, 0.3) is 0 Å². The number of halogens is 1. The van der Waals surface area contributed by atoms with E-state index >= 15 is 0 Å². The molecule has 4 nitrogen and oxygen atoms in total. The largest absolute Gasteiger partial charge is 0.505 e. The highest BCUT2D eigenvalue weighted by Gasteiger charge is 2.33. The van der Waals surface area contributed by atoms with E-state index < -0.39 is 5.67 Å². The highest BCUT2D eigenvalue weighted by atomic mass is 19.1. The van der Waals surface area contributed by atoms with Gasteiger partial charge < -0.3 is 9.84 Å². The van der Waals surface area contributed by atoms with E-state index in [0.29, 0.717) is 26.1 Å². The maximum atomic E-state index is 14.0. The van der Waals surface area contributed by atoms with Crippen LogP contribution in [0.1, 0.15) is 12.8 Å². The molecule has 1 aliphatic rings. The molecular formula is C9H13FN2O2. The van der Waals surface area contributed by atoms with Crippen molar-refractivity contribution in [2.24, 2.45) is 0 Å². The fraction of sp³-hybridized carbons (Fsp3) is 0.667. The Morgan fingerprint density at radius 1 is 1.57 bits per heavy atom. The fourth-order valence-electron chi connectivity index (χ4n) is 1.62. The molecule has 0 atom stereocenters. The molecule has 1 N–H and O–H groups in total. The minimum absolute atomic E-state index is 0.0701. The van der Waals surface area contributed by atoms with Gasteiger partial charge in [-0.15, -0.1) is 0 Å². The Labute approximate surface area is 81.3 Å². The number of ether oxygens (including phenoxy) is 1. The number of aromatic nitrogens is 2. The Kier molecular flexibility index (Phi) is 2.41. The second-order valence-electron chi connectivity index (χ2n) is 3.66. The monoisotopic (exact) mass is 200 g/mol. The molecule has 0 amide bonds. The van der Waals surface area contributed by atoms with Gasteiger partial charge in [0, 0.05) is 26.1 Å². The van der Waals surface area contributed by atoms with Crippen molar-refractivity contribution in [1.82, 2.24) is 9.78 Å². The van der Waals surface area contributed by atoms with Crippen LogP contribution in [0.2, 0.25) is 0 Å². The first kappa shape index (κ1) is 9.45. The fourth-order valence-corrected chi connectivity index (χ4v) is 1.62. The van der Waals surface area contributed by atoms with Gasteiger partial charge in [0.2, 0.25) is 0 Å². The van der Waals surface area contributed by atoms with Gasteiger partial charge in [-0.3, -0.25) is 4.68 Å². The highest BCUT2D eigenvalue weighted by Crippen LogP contribution is 2.27. The number of aromatic hydroxyl groups is 1. The Hall–Kier alpha value is -1.10. The van der Waals surface area contributed by atoms with Crippen LogP contribution in [0.15, 0.2) is 12.4 Å². The lowest BCUT2D eigenvalue weighted by atomic mass is 9.97. The topological polar surface area (TPSA) is 47.3 Å². The van der Waals surface area contributed by atoms with Crippen LogP contribution in [0.3, 0.4) is 0 Å². The molecule has 0 aliphatic carbocycles. The molecule has 0 aromatic carbocycles. The smallest absolute Gasteiger partial charge is 0.153 e. The quantitative estimate of drug-likeness (QED) is 0.777. The summed E-state index contributed by atoms with van der Waals surface area (Å²) in [4.78, 5) is 0. The summed E-state index contributed by atoms with van der Waals surface area (Å²) >= 11 is 0. The summed E-state index contributed by atoms with van der Waals surface area (Å²) in [6.45, 7) is 1.12. The molecule has 0 bridgehead atoms. The predicted molar refractivity (Wildman–Crippen MR) is 47.8 cm³/mol. The summed E-state index contributed by atoms with van der Waals surface area (Å²) in [5.41, 5.74) is -1.24. The lowest BCUT2D eigenvalue weighted by molar-refractivity contribution is -0.0194. The third-order valence-corrected chi connectivity index (χ3v) is 2.45. The second kappa shape index (κ2) is 3.57. The van der Waals surface area contributed by atoms with Gasteiger partial charge in [-0.05, 0) is 0 Å². The summed E-state index contributed by atoms with van der Waals surface area (Å²) in [6.07, 6.45) is 3.53.